The van der Waals surface area contributed by atoms with Crippen molar-refractivity contribution in [2.24, 2.45) is 7.05 Å². The van der Waals surface area contributed by atoms with Crippen molar-refractivity contribution in [3.05, 3.63) is 47.3 Å². The Kier molecular flexibility index (Phi) is 3.32. The maximum absolute atomic E-state index is 11.1. The second kappa shape index (κ2) is 4.91. The second-order valence-electron chi connectivity index (χ2n) is 4.15. The van der Waals surface area contributed by atoms with E-state index in [4.69, 9.17) is 5.11 Å². The van der Waals surface area contributed by atoms with Crippen molar-refractivity contribution in [3.8, 4) is 0 Å². The summed E-state index contributed by atoms with van der Waals surface area (Å²) < 4.78 is 1.75. The van der Waals surface area contributed by atoms with Crippen molar-refractivity contribution in [1.82, 2.24) is 9.78 Å². The van der Waals surface area contributed by atoms with Gasteiger partial charge in [-0.15, -0.1) is 0 Å². The van der Waals surface area contributed by atoms with Gasteiger partial charge in [0.1, 0.15) is 0 Å². The Labute approximate surface area is 105 Å². The summed E-state index contributed by atoms with van der Waals surface area (Å²) in [5, 5.41) is 16.3. The third-order valence-electron chi connectivity index (χ3n) is 2.79. The van der Waals surface area contributed by atoms with Gasteiger partial charge < -0.3 is 10.4 Å². The van der Waals surface area contributed by atoms with E-state index in [1.165, 1.54) is 0 Å². The first-order valence-corrected chi connectivity index (χ1v) is 5.62. The van der Waals surface area contributed by atoms with Crippen molar-refractivity contribution in [3.63, 3.8) is 0 Å². The number of hydrogen-bond donors (Lipinski definition) is 2. The number of anilines is 1. The van der Waals surface area contributed by atoms with Crippen molar-refractivity contribution in [2.45, 2.75) is 13.5 Å². The number of carbonyl (C=O) groups is 1. The monoisotopic (exact) mass is 245 g/mol. The van der Waals surface area contributed by atoms with E-state index in [0.717, 1.165) is 11.3 Å². The molecule has 5 heteroatoms. The van der Waals surface area contributed by atoms with Crippen molar-refractivity contribution >= 4 is 11.7 Å². The molecule has 0 unspecified atom stereocenters. The summed E-state index contributed by atoms with van der Waals surface area (Å²) in [5.41, 5.74) is 2.92. The molecule has 0 aliphatic heterocycles. The van der Waals surface area contributed by atoms with E-state index in [0.29, 0.717) is 12.2 Å². The van der Waals surface area contributed by atoms with Crippen molar-refractivity contribution < 1.29 is 9.90 Å². The van der Waals surface area contributed by atoms with Crippen molar-refractivity contribution in [1.29, 1.82) is 0 Å². The van der Waals surface area contributed by atoms with Gasteiger partial charge in [-0.1, -0.05) is 6.07 Å². The maximum Gasteiger partial charge on any atom is 0.337 e. The van der Waals surface area contributed by atoms with E-state index in [2.05, 4.69) is 10.4 Å². The number of hydrogen-bond acceptors (Lipinski definition) is 3. The quantitative estimate of drug-likeness (QED) is 0.865. The molecule has 1 heterocycles. The molecule has 0 spiro atoms. The van der Waals surface area contributed by atoms with Crippen LogP contribution in [0.5, 0.6) is 0 Å². The van der Waals surface area contributed by atoms with Gasteiger partial charge in [0.25, 0.3) is 0 Å². The highest BCUT2D eigenvalue weighted by molar-refractivity contribution is 5.94. The summed E-state index contributed by atoms with van der Waals surface area (Å²) in [5.74, 6) is -0.928. The number of aromatic nitrogens is 2. The average Bonchev–Trinajstić information content (AvgIpc) is 2.72. The van der Waals surface area contributed by atoms with Crippen LogP contribution in [0.25, 0.3) is 0 Å². The van der Waals surface area contributed by atoms with Crippen LogP contribution < -0.4 is 5.32 Å². The van der Waals surface area contributed by atoms with Gasteiger partial charge in [0.15, 0.2) is 0 Å². The summed E-state index contributed by atoms with van der Waals surface area (Å²) in [6.07, 6.45) is 1.71. The maximum atomic E-state index is 11.1. The van der Waals surface area contributed by atoms with Crippen LogP contribution in [0.15, 0.2) is 30.5 Å². The molecule has 2 N–H and O–H groups in total. The Morgan fingerprint density at radius 3 is 2.83 bits per heavy atom. The standard InChI is InChI=1S/C13H15N3O2/c1-9-3-4-11(13(17)18)12(7-9)14-8-10-5-6-15-16(10)2/h3-7,14H,8H2,1-2H3,(H,17,18). The fourth-order valence-electron chi connectivity index (χ4n) is 1.75. The van der Waals surface area contributed by atoms with Gasteiger partial charge >= 0.3 is 5.97 Å². The lowest BCUT2D eigenvalue weighted by molar-refractivity contribution is 0.0698. The zero-order valence-electron chi connectivity index (χ0n) is 10.3. The predicted octanol–water partition coefficient (Wildman–Crippen LogP) is 2.04. The largest absolute Gasteiger partial charge is 0.478 e. The van der Waals surface area contributed by atoms with Gasteiger partial charge in [-0.05, 0) is 30.7 Å². The number of aryl methyl sites for hydroxylation is 2. The summed E-state index contributed by atoms with van der Waals surface area (Å²) in [4.78, 5) is 11.1. The highest BCUT2D eigenvalue weighted by Crippen LogP contribution is 2.18. The molecule has 1 aromatic carbocycles. The Hall–Kier alpha value is -2.30. The number of benzene rings is 1. The molecule has 1 aromatic heterocycles. The smallest absolute Gasteiger partial charge is 0.337 e. The number of aromatic carboxylic acids is 1. The van der Waals surface area contributed by atoms with Crippen LogP contribution in [0, 0.1) is 6.92 Å². The molecule has 0 amide bonds. The molecule has 0 aliphatic carbocycles. The SMILES string of the molecule is Cc1ccc(C(=O)O)c(NCc2ccnn2C)c1. The normalized spacial score (nSPS) is 10.3. The Morgan fingerprint density at radius 2 is 2.22 bits per heavy atom. The first-order valence-electron chi connectivity index (χ1n) is 5.62. The topological polar surface area (TPSA) is 67.2 Å². The van der Waals surface area contributed by atoms with E-state index >= 15 is 0 Å². The number of nitrogens with zero attached hydrogens (tertiary/aromatic N) is 2. The Morgan fingerprint density at radius 1 is 1.44 bits per heavy atom. The van der Waals surface area contributed by atoms with E-state index in [-0.39, 0.29) is 5.56 Å². The fraction of sp³-hybridized carbons (Fsp3) is 0.231. The molecule has 94 valence electrons. The summed E-state index contributed by atoms with van der Waals surface area (Å²) in [6, 6.07) is 7.13. The number of rotatable bonds is 4. The van der Waals surface area contributed by atoms with Crippen LogP contribution in [-0.4, -0.2) is 20.9 Å². The molecule has 0 aliphatic rings. The van der Waals surface area contributed by atoms with E-state index in [1.54, 1.807) is 23.0 Å². The number of carboxylic acid groups (broad SMARTS) is 1. The first-order chi connectivity index (χ1) is 8.58. The lowest BCUT2D eigenvalue weighted by atomic mass is 10.1. The minimum atomic E-state index is -0.928. The van der Waals surface area contributed by atoms with E-state index in [9.17, 15) is 4.79 Å². The summed E-state index contributed by atoms with van der Waals surface area (Å²) in [6.45, 7) is 2.47. The average molecular weight is 245 g/mol. The van der Waals surface area contributed by atoms with Crippen LogP contribution in [0.1, 0.15) is 21.6 Å². The van der Waals surface area contributed by atoms with Crippen LogP contribution >= 0.6 is 0 Å². The van der Waals surface area contributed by atoms with E-state index in [1.807, 2.05) is 26.1 Å². The minimum absolute atomic E-state index is 0.280. The Balaban J connectivity index is 2.20. The molecule has 0 fully saturated rings. The summed E-state index contributed by atoms with van der Waals surface area (Å²) in [7, 11) is 1.85. The van der Waals surface area contributed by atoms with Gasteiger partial charge in [0.05, 0.1) is 17.8 Å². The molecular weight excluding hydrogens is 230 g/mol. The van der Waals surface area contributed by atoms with Gasteiger partial charge in [-0.3, -0.25) is 4.68 Å². The minimum Gasteiger partial charge on any atom is -0.478 e. The lowest BCUT2D eigenvalue weighted by Crippen LogP contribution is -2.09. The molecule has 0 bridgehead atoms. The molecule has 0 radical (unpaired) electrons. The molecule has 0 saturated heterocycles. The third kappa shape index (κ3) is 2.51. The molecule has 2 rings (SSSR count). The highest BCUT2D eigenvalue weighted by atomic mass is 16.4. The number of nitrogens with one attached hydrogen (secondary N) is 1. The van der Waals surface area contributed by atoms with Crippen LogP contribution in [-0.2, 0) is 13.6 Å². The number of carboxylic acids is 1. The molecule has 2 aromatic rings. The zero-order chi connectivity index (χ0) is 13.1. The van der Waals surface area contributed by atoms with Gasteiger partial charge in [0, 0.05) is 18.9 Å². The van der Waals surface area contributed by atoms with Crippen molar-refractivity contribution in [2.75, 3.05) is 5.32 Å². The van der Waals surface area contributed by atoms with E-state index < -0.39 is 5.97 Å². The van der Waals surface area contributed by atoms with Crippen LogP contribution in [0.2, 0.25) is 0 Å². The fourth-order valence-corrected chi connectivity index (χ4v) is 1.75. The summed E-state index contributed by atoms with van der Waals surface area (Å²) >= 11 is 0. The molecule has 0 atom stereocenters. The lowest BCUT2D eigenvalue weighted by Gasteiger charge is -2.10. The second-order valence-corrected chi connectivity index (χ2v) is 4.15. The molecule has 18 heavy (non-hydrogen) atoms. The molecule has 5 nitrogen and oxygen atoms in total. The highest BCUT2D eigenvalue weighted by Gasteiger charge is 2.10. The molecule has 0 saturated carbocycles. The predicted molar refractivity (Wildman–Crippen MR) is 68.7 cm³/mol. The first kappa shape index (κ1) is 12.2. The zero-order valence-corrected chi connectivity index (χ0v) is 10.3. The van der Waals surface area contributed by atoms with Gasteiger partial charge in [0.2, 0.25) is 0 Å². The Bertz CT molecular complexity index is 575. The molecular formula is C13H15N3O2. The van der Waals surface area contributed by atoms with Gasteiger partial charge in [-0.2, -0.15) is 5.10 Å². The van der Waals surface area contributed by atoms with Gasteiger partial charge in [-0.25, -0.2) is 4.79 Å². The van der Waals surface area contributed by atoms with Crippen LogP contribution in [0.4, 0.5) is 5.69 Å². The third-order valence-corrected chi connectivity index (χ3v) is 2.79. The van der Waals surface area contributed by atoms with Crippen LogP contribution in [0.3, 0.4) is 0 Å².